The molecule has 0 amide bonds. The zero-order valence-electron chi connectivity index (χ0n) is 8.26. The van der Waals surface area contributed by atoms with Crippen LogP contribution in [0.3, 0.4) is 0 Å². The summed E-state index contributed by atoms with van der Waals surface area (Å²) in [5, 5.41) is 0. The van der Waals surface area contributed by atoms with Gasteiger partial charge in [0, 0.05) is 0 Å². The molecule has 0 bridgehead atoms. The minimum absolute atomic E-state index is 0.0146. The highest BCUT2D eigenvalue weighted by Crippen LogP contribution is 2.25. The normalized spacial score (nSPS) is 20.2. The first-order valence-corrected chi connectivity index (χ1v) is 4.79. The smallest absolute Gasteiger partial charge is 0.320 e. The molecule has 0 spiro atoms. The molecule has 1 rings (SSSR count). The summed E-state index contributed by atoms with van der Waals surface area (Å²) < 4.78 is 29.5. The summed E-state index contributed by atoms with van der Waals surface area (Å²) in [6.07, 6.45) is 1.77. The summed E-state index contributed by atoms with van der Waals surface area (Å²) in [6.45, 7) is 1.72. The van der Waals surface area contributed by atoms with Gasteiger partial charge in [-0.25, -0.2) is 8.78 Å². The van der Waals surface area contributed by atoms with Crippen LogP contribution in [0.25, 0.3) is 0 Å². The molecule has 0 aliphatic carbocycles. The lowest BCUT2D eigenvalue weighted by Crippen LogP contribution is -2.57. The Morgan fingerprint density at radius 3 is 2.64 bits per heavy atom. The molecule has 1 aliphatic rings. The van der Waals surface area contributed by atoms with Crippen molar-refractivity contribution >= 4 is 5.97 Å². The van der Waals surface area contributed by atoms with E-state index in [0.717, 1.165) is 12.8 Å². The Balaban J connectivity index is 2.05. The average molecular weight is 207 g/mol. The first-order chi connectivity index (χ1) is 6.53. The maximum Gasteiger partial charge on any atom is 0.320 e. The zero-order valence-corrected chi connectivity index (χ0v) is 8.26. The Labute approximate surface area is 82.0 Å². The second-order valence-electron chi connectivity index (χ2n) is 3.58. The van der Waals surface area contributed by atoms with Gasteiger partial charge in [-0.15, -0.1) is 0 Å². The Morgan fingerprint density at radius 2 is 2.14 bits per heavy atom. The van der Waals surface area contributed by atoms with E-state index in [-0.39, 0.29) is 19.6 Å². The van der Waals surface area contributed by atoms with E-state index in [1.807, 2.05) is 6.92 Å². The van der Waals surface area contributed by atoms with E-state index < -0.39 is 11.9 Å². The van der Waals surface area contributed by atoms with Crippen LogP contribution in [-0.4, -0.2) is 43.0 Å². The van der Waals surface area contributed by atoms with Crippen molar-refractivity contribution in [3.8, 4) is 0 Å². The maximum atomic E-state index is 12.4. The summed E-state index contributed by atoms with van der Waals surface area (Å²) in [5.41, 5.74) is 0. The maximum absolute atomic E-state index is 12.4. The Morgan fingerprint density at radius 1 is 1.50 bits per heavy atom. The molecule has 14 heavy (non-hydrogen) atoms. The van der Waals surface area contributed by atoms with Gasteiger partial charge in [-0.3, -0.25) is 9.69 Å². The van der Waals surface area contributed by atoms with Crippen molar-refractivity contribution in [3.05, 3.63) is 0 Å². The molecular weight excluding hydrogens is 192 g/mol. The molecule has 0 unspecified atom stereocenters. The van der Waals surface area contributed by atoms with Gasteiger partial charge in [0.05, 0.1) is 26.2 Å². The fourth-order valence-corrected chi connectivity index (χ4v) is 1.28. The molecule has 0 N–H and O–H groups in total. The Bertz CT molecular complexity index is 201. The number of alkyl halides is 2. The van der Waals surface area contributed by atoms with E-state index in [4.69, 9.17) is 4.74 Å². The highest BCUT2D eigenvalue weighted by atomic mass is 19.3. The number of esters is 1. The third-order valence-electron chi connectivity index (χ3n) is 2.02. The van der Waals surface area contributed by atoms with Gasteiger partial charge in [-0.05, 0) is 6.42 Å². The van der Waals surface area contributed by atoms with Crippen molar-refractivity contribution in [2.45, 2.75) is 25.7 Å². The van der Waals surface area contributed by atoms with Gasteiger partial charge in [-0.2, -0.15) is 0 Å². The Kier molecular flexibility index (Phi) is 3.80. The fraction of sp³-hybridized carbons (Fsp3) is 0.889. The van der Waals surface area contributed by atoms with Crippen LogP contribution in [0.5, 0.6) is 0 Å². The number of rotatable bonds is 5. The first-order valence-electron chi connectivity index (χ1n) is 4.79. The van der Waals surface area contributed by atoms with Crippen LogP contribution in [0.2, 0.25) is 0 Å². The van der Waals surface area contributed by atoms with Crippen LogP contribution < -0.4 is 0 Å². The lowest BCUT2D eigenvalue weighted by atomic mass is 10.1. The van der Waals surface area contributed by atoms with Gasteiger partial charge in [0.25, 0.3) is 5.92 Å². The zero-order chi connectivity index (χ0) is 10.6. The minimum Gasteiger partial charge on any atom is -0.465 e. The molecular formula is C9H15F2NO2. The summed E-state index contributed by atoms with van der Waals surface area (Å²) >= 11 is 0. The number of nitrogens with zero attached hydrogens (tertiary/aromatic N) is 1. The van der Waals surface area contributed by atoms with Crippen molar-refractivity contribution < 1.29 is 18.3 Å². The molecule has 1 fully saturated rings. The predicted octanol–water partition coefficient (Wildman–Crippen LogP) is 1.28. The molecule has 0 aromatic rings. The van der Waals surface area contributed by atoms with Crippen LogP contribution in [-0.2, 0) is 9.53 Å². The molecule has 1 saturated heterocycles. The van der Waals surface area contributed by atoms with Gasteiger partial charge in [0.1, 0.15) is 0 Å². The number of hydrogen-bond donors (Lipinski definition) is 0. The van der Waals surface area contributed by atoms with Crippen LogP contribution >= 0.6 is 0 Å². The number of ether oxygens (including phenoxy) is 1. The van der Waals surface area contributed by atoms with Gasteiger partial charge < -0.3 is 4.74 Å². The second-order valence-corrected chi connectivity index (χ2v) is 3.58. The molecule has 0 saturated carbocycles. The van der Waals surface area contributed by atoms with Crippen molar-refractivity contribution in [2.75, 3.05) is 26.2 Å². The van der Waals surface area contributed by atoms with E-state index >= 15 is 0 Å². The molecule has 3 nitrogen and oxygen atoms in total. The summed E-state index contributed by atoms with van der Waals surface area (Å²) in [6, 6.07) is 0. The third-order valence-corrected chi connectivity index (χ3v) is 2.02. The summed E-state index contributed by atoms with van der Waals surface area (Å²) in [7, 11) is 0. The van der Waals surface area contributed by atoms with E-state index in [0.29, 0.717) is 6.61 Å². The van der Waals surface area contributed by atoms with Crippen molar-refractivity contribution in [3.63, 3.8) is 0 Å². The largest absolute Gasteiger partial charge is 0.465 e. The number of carbonyl (C=O) groups excluding carboxylic acids is 1. The number of halogens is 2. The van der Waals surface area contributed by atoms with Crippen molar-refractivity contribution in [1.29, 1.82) is 0 Å². The lowest BCUT2D eigenvalue weighted by molar-refractivity contribution is -0.159. The fourth-order valence-electron chi connectivity index (χ4n) is 1.28. The van der Waals surface area contributed by atoms with E-state index in [9.17, 15) is 13.6 Å². The monoisotopic (exact) mass is 207 g/mol. The first kappa shape index (κ1) is 11.4. The van der Waals surface area contributed by atoms with E-state index in [2.05, 4.69) is 0 Å². The van der Waals surface area contributed by atoms with Crippen LogP contribution in [0.15, 0.2) is 0 Å². The van der Waals surface area contributed by atoms with Gasteiger partial charge in [0.2, 0.25) is 0 Å². The van der Waals surface area contributed by atoms with Crippen LogP contribution in [0, 0.1) is 0 Å². The van der Waals surface area contributed by atoms with E-state index in [1.54, 1.807) is 0 Å². The van der Waals surface area contributed by atoms with Crippen LogP contribution in [0.1, 0.15) is 19.8 Å². The minimum atomic E-state index is -2.61. The molecule has 1 aliphatic heterocycles. The number of likely N-dealkylation sites (tertiary alicyclic amines) is 1. The van der Waals surface area contributed by atoms with Gasteiger partial charge >= 0.3 is 5.97 Å². The lowest BCUT2D eigenvalue weighted by Gasteiger charge is -2.37. The highest BCUT2D eigenvalue weighted by molar-refractivity contribution is 5.71. The summed E-state index contributed by atoms with van der Waals surface area (Å²) in [5.74, 6) is -3.02. The van der Waals surface area contributed by atoms with E-state index in [1.165, 1.54) is 4.90 Å². The Hall–Kier alpha value is -0.710. The molecule has 0 aromatic heterocycles. The molecule has 0 atom stereocenters. The summed E-state index contributed by atoms with van der Waals surface area (Å²) in [4.78, 5) is 12.4. The van der Waals surface area contributed by atoms with Gasteiger partial charge in [0.15, 0.2) is 0 Å². The van der Waals surface area contributed by atoms with Crippen molar-refractivity contribution in [2.24, 2.45) is 0 Å². The topological polar surface area (TPSA) is 29.5 Å². The quantitative estimate of drug-likeness (QED) is 0.502. The highest BCUT2D eigenvalue weighted by Gasteiger charge is 2.44. The molecule has 0 radical (unpaired) electrons. The number of carbonyl (C=O) groups is 1. The number of hydrogen-bond acceptors (Lipinski definition) is 3. The standard InChI is InChI=1S/C9H15F2NO2/c1-2-3-4-14-8(13)5-12-6-9(10,11)7-12/h2-7H2,1H3. The van der Waals surface area contributed by atoms with Crippen molar-refractivity contribution in [1.82, 2.24) is 4.90 Å². The molecule has 0 aromatic carbocycles. The van der Waals surface area contributed by atoms with Gasteiger partial charge in [-0.1, -0.05) is 13.3 Å². The molecule has 82 valence electrons. The second kappa shape index (κ2) is 4.68. The molecule has 1 heterocycles. The van der Waals surface area contributed by atoms with Crippen LogP contribution in [0.4, 0.5) is 8.78 Å². The molecule has 5 heteroatoms. The average Bonchev–Trinajstić information content (AvgIpc) is 2.01. The number of unbranched alkanes of at least 4 members (excludes halogenated alkanes) is 1. The third kappa shape index (κ3) is 3.57. The predicted molar refractivity (Wildman–Crippen MR) is 47.3 cm³/mol. The SMILES string of the molecule is CCCCOC(=O)CN1CC(F)(F)C1.